The van der Waals surface area contributed by atoms with E-state index in [1.807, 2.05) is 19.1 Å². The molecule has 0 aromatic heterocycles. The maximum absolute atomic E-state index is 9.04. The molecule has 0 aliphatic heterocycles. The maximum Gasteiger partial charge on any atom is 0.127 e. The smallest absolute Gasteiger partial charge is 0.127 e. The second kappa shape index (κ2) is 6.78. The monoisotopic (exact) mass is 267 g/mol. The van der Waals surface area contributed by atoms with Crippen molar-refractivity contribution in [3.8, 4) is 11.5 Å². The van der Waals surface area contributed by atoms with Gasteiger partial charge in [-0.05, 0) is 38.8 Å². The van der Waals surface area contributed by atoms with E-state index in [9.17, 15) is 0 Å². The molecular weight excluding hydrogens is 242 g/mol. The highest BCUT2D eigenvalue weighted by atomic mass is 16.5. The quantitative estimate of drug-likeness (QED) is 0.795. The molecule has 0 fully saturated rings. The molecular formula is C15H25NO3. The van der Waals surface area contributed by atoms with Crippen LogP contribution >= 0.6 is 0 Å². The van der Waals surface area contributed by atoms with E-state index in [2.05, 4.69) is 19.2 Å². The minimum Gasteiger partial charge on any atom is -0.497 e. The highest BCUT2D eigenvalue weighted by Gasteiger charge is 2.18. The van der Waals surface area contributed by atoms with Crippen molar-refractivity contribution in [2.45, 2.75) is 39.3 Å². The third-order valence-corrected chi connectivity index (χ3v) is 3.34. The van der Waals surface area contributed by atoms with Crippen LogP contribution in [0.5, 0.6) is 11.5 Å². The van der Waals surface area contributed by atoms with E-state index in [4.69, 9.17) is 14.6 Å². The van der Waals surface area contributed by atoms with Crippen LogP contribution in [0.4, 0.5) is 0 Å². The molecule has 0 unspecified atom stereocenters. The third kappa shape index (κ3) is 4.40. The van der Waals surface area contributed by atoms with Crippen LogP contribution in [0, 0.1) is 6.92 Å². The molecule has 0 radical (unpaired) electrons. The zero-order valence-electron chi connectivity index (χ0n) is 12.5. The predicted octanol–water partition coefficient (Wildman–Crippen LogP) is 2.26. The largest absolute Gasteiger partial charge is 0.497 e. The van der Waals surface area contributed by atoms with Crippen molar-refractivity contribution in [3.05, 3.63) is 23.3 Å². The topological polar surface area (TPSA) is 50.7 Å². The van der Waals surface area contributed by atoms with Gasteiger partial charge < -0.3 is 19.9 Å². The Balaban J connectivity index is 2.88. The van der Waals surface area contributed by atoms with Gasteiger partial charge in [0.2, 0.25) is 0 Å². The van der Waals surface area contributed by atoms with Crippen molar-refractivity contribution in [1.82, 2.24) is 5.32 Å². The Labute approximate surface area is 115 Å². The average Bonchev–Trinajstić information content (AvgIpc) is 2.36. The van der Waals surface area contributed by atoms with Gasteiger partial charge in [-0.15, -0.1) is 0 Å². The van der Waals surface area contributed by atoms with E-state index in [-0.39, 0.29) is 12.1 Å². The Morgan fingerprint density at radius 3 is 2.42 bits per heavy atom. The molecule has 0 aliphatic rings. The summed E-state index contributed by atoms with van der Waals surface area (Å²) in [6.45, 7) is 7.08. The number of aryl methyl sites for hydroxylation is 1. The highest BCUT2D eigenvalue weighted by Crippen LogP contribution is 2.28. The van der Waals surface area contributed by atoms with Crippen LogP contribution in [-0.2, 0) is 6.54 Å². The lowest BCUT2D eigenvalue weighted by molar-refractivity contribution is 0.229. The molecule has 2 N–H and O–H groups in total. The first-order valence-corrected chi connectivity index (χ1v) is 6.51. The van der Waals surface area contributed by atoms with Crippen molar-refractivity contribution in [2.75, 3.05) is 20.8 Å². The first-order valence-electron chi connectivity index (χ1n) is 6.51. The Morgan fingerprint density at radius 1 is 1.21 bits per heavy atom. The molecule has 0 aliphatic carbocycles. The number of methoxy groups -OCH3 is 2. The Hall–Kier alpha value is -1.26. The maximum atomic E-state index is 9.04. The summed E-state index contributed by atoms with van der Waals surface area (Å²) in [6, 6.07) is 3.89. The van der Waals surface area contributed by atoms with Crippen LogP contribution < -0.4 is 14.8 Å². The lowest BCUT2D eigenvalue weighted by atomic mass is 9.99. The summed E-state index contributed by atoms with van der Waals surface area (Å²) in [5, 5.41) is 12.5. The summed E-state index contributed by atoms with van der Waals surface area (Å²) in [7, 11) is 3.31. The molecule has 0 saturated heterocycles. The highest BCUT2D eigenvalue weighted by molar-refractivity contribution is 5.46. The van der Waals surface area contributed by atoms with E-state index in [1.54, 1.807) is 14.2 Å². The third-order valence-electron chi connectivity index (χ3n) is 3.34. The molecule has 19 heavy (non-hydrogen) atoms. The second-order valence-corrected chi connectivity index (χ2v) is 5.34. The molecule has 4 heteroatoms. The zero-order valence-corrected chi connectivity index (χ0v) is 12.5. The van der Waals surface area contributed by atoms with Crippen LogP contribution in [0.25, 0.3) is 0 Å². The van der Waals surface area contributed by atoms with Gasteiger partial charge >= 0.3 is 0 Å². The summed E-state index contributed by atoms with van der Waals surface area (Å²) in [5.74, 6) is 1.62. The lowest BCUT2D eigenvalue weighted by Gasteiger charge is -2.26. The molecule has 4 nitrogen and oxygen atoms in total. The van der Waals surface area contributed by atoms with Gasteiger partial charge in [0.1, 0.15) is 11.5 Å². The van der Waals surface area contributed by atoms with Crippen LogP contribution in [0.2, 0.25) is 0 Å². The van der Waals surface area contributed by atoms with E-state index in [0.717, 1.165) is 22.6 Å². The molecule has 0 heterocycles. The summed E-state index contributed by atoms with van der Waals surface area (Å²) in [4.78, 5) is 0. The zero-order chi connectivity index (χ0) is 14.5. The van der Waals surface area contributed by atoms with Crippen molar-refractivity contribution in [1.29, 1.82) is 0 Å². The normalized spacial score (nSPS) is 11.5. The number of ether oxygens (including phenoxy) is 2. The van der Waals surface area contributed by atoms with E-state index < -0.39 is 0 Å². The van der Waals surface area contributed by atoms with Gasteiger partial charge in [-0.3, -0.25) is 0 Å². The van der Waals surface area contributed by atoms with Gasteiger partial charge in [0.25, 0.3) is 0 Å². The summed E-state index contributed by atoms with van der Waals surface area (Å²) < 4.78 is 10.7. The Kier molecular flexibility index (Phi) is 5.63. The van der Waals surface area contributed by atoms with Crippen molar-refractivity contribution < 1.29 is 14.6 Å². The fraction of sp³-hybridized carbons (Fsp3) is 0.600. The number of nitrogens with one attached hydrogen (secondary N) is 1. The lowest BCUT2D eigenvalue weighted by Crippen LogP contribution is -2.39. The molecule has 0 atom stereocenters. The number of aliphatic hydroxyl groups excluding tert-OH is 1. The standard InChI is InChI=1S/C15H25NO3/c1-11-8-12(18-4)9-14(19-5)13(11)10-16-15(2,3)6-7-17/h8-9,16-17H,6-7,10H2,1-5H3. The fourth-order valence-corrected chi connectivity index (χ4v) is 1.97. The fourth-order valence-electron chi connectivity index (χ4n) is 1.97. The molecule has 1 aromatic rings. The number of aliphatic hydroxyl groups is 1. The van der Waals surface area contributed by atoms with E-state index >= 15 is 0 Å². The van der Waals surface area contributed by atoms with E-state index in [1.165, 1.54) is 0 Å². The molecule has 1 aromatic carbocycles. The molecule has 0 amide bonds. The van der Waals surface area contributed by atoms with Gasteiger partial charge in [-0.2, -0.15) is 0 Å². The molecule has 108 valence electrons. The van der Waals surface area contributed by atoms with E-state index in [0.29, 0.717) is 13.0 Å². The Bertz CT molecular complexity index is 416. The number of rotatable bonds is 7. The summed E-state index contributed by atoms with van der Waals surface area (Å²) >= 11 is 0. The van der Waals surface area contributed by atoms with Gasteiger partial charge in [0.15, 0.2) is 0 Å². The number of hydrogen-bond donors (Lipinski definition) is 2. The van der Waals surface area contributed by atoms with Crippen molar-refractivity contribution in [3.63, 3.8) is 0 Å². The molecule has 0 bridgehead atoms. The van der Waals surface area contributed by atoms with Gasteiger partial charge in [0, 0.05) is 30.3 Å². The van der Waals surface area contributed by atoms with Gasteiger partial charge in [0.05, 0.1) is 14.2 Å². The van der Waals surface area contributed by atoms with Gasteiger partial charge in [-0.1, -0.05) is 0 Å². The first kappa shape index (κ1) is 15.8. The van der Waals surface area contributed by atoms with Crippen LogP contribution in [0.15, 0.2) is 12.1 Å². The Morgan fingerprint density at radius 2 is 1.89 bits per heavy atom. The van der Waals surface area contributed by atoms with Crippen molar-refractivity contribution >= 4 is 0 Å². The SMILES string of the molecule is COc1cc(C)c(CNC(C)(C)CCO)c(OC)c1. The summed E-state index contributed by atoms with van der Waals surface area (Å²) in [5.41, 5.74) is 2.14. The first-order chi connectivity index (χ1) is 8.93. The minimum atomic E-state index is -0.105. The molecule has 0 spiro atoms. The van der Waals surface area contributed by atoms with Crippen LogP contribution in [-0.4, -0.2) is 31.5 Å². The minimum absolute atomic E-state index is 0.105. The van der Waals surface area contributed by atoms with Gasteiger partial charge in [-0.25, -0.2) is 0 Å². The summed E-state index contributed by atoms with van der Waals surface area (Å²) in [6.07, 6.45) is 0.713. The number of benzene rings is 1. The predicted molar refractivity (Wildman–Crippen MR) is 76.9 cm³/mol. The molecule has 0 saturated carbocycles. The van der Waals surface area contributed by atoms with Crippen molar-refractivity contribution in [2.24, 2.45) is 0 Å². The second-order valence-electron chi connectivity index (χ2n) is 5.34. The number of hydrogen-bond acceptors (Lipinski definition) is 4. The van der Waals surface area contributed by atoms with Crippen LogP contribution in [0.3, 0.4) is 0 Å². The molecule has 1 rings (SSSR count). The average molecular weight is 267 g/mol. The van der Waals surface area contributed by atoms with Crippen LogP contribution in [0.1, 0.15) is 31.4 Å².